The van der Waals surface area contributed by atoms with Crippen LogP contribution in [0.2, 0.25) is 0 Å². The lowest BCUT2D eigenvalue weighted by atomic mass is 9.68. The number of anilines is 3. The van der Waals surface area contributed by atoms with Gasteiger partial charge in [0, 0.05) is 27.3 Å². The number of hydrogen-bond acceptors (Lipinski definition) is 2. The van der Waals surface area contributed by atoms with E-state index < -0.39 is 5.41 Å². The molecule has 0 N–H and O–H groups in total. The van der Waals surface area contributed by atoms with Crippen molar-refractivity contribution in [3.63, 3.8) is 0 Å². The standard InChI is InChI=1S/C52H37NO/c1-51(2)40-26-12-9-23-38(40)48-42(51)28-16-30-44(48)53(46-32-15-25-37-36-22-11-14-33-47(36)54-50(37)46)45-31-17-29-43-49(45)39-24-10-13-27-41(39)52(43,34-18-5-3-6-19-34)35-20-7-4-8-21-35/h3-33H,1-2H3. The first-order valence-electron chi connectivity index (χ1n) is 18.9. The quantitative estimate of drug-likeness (QED) is 0.179. The van der Waals surface area contributed by atoms with Crippen molar-refractivity contribution < 1.29 is 4.42 Å². The summed E-state index contributed by atoms with van der Waals surface area (Å²) < 4.78 is 6.86. The number of nitrogens with zero attached hydrogens (tertiary/aromatic N) is 1. The van der Waals surface area contributed by atoms with Crippen LogP contribution in [-0.2, 0) is 10.8 Å². The lowest BCUT2D eigenvalue weighted by Gasteiger charge is -2.34. The second-order valence-corrected chi connectivity index (χ2v) is 15.2. The maximum Gasteiger partial charge on any atom is 0.159 e. The predicted molar refractivity (Wildman–Crippen MR) is 223 cm³/mol. The molecule has 0 unspecified atom stereocenters. The van der Waals surface area contributed by atoms with Crippen molar-refractivity contribution in [1.82, 2.24) is 0 Å². The van der Waals surface area contributed by atoms with E-state index in [1.807, 2.05) is 0 Å². The number of furan rings is 1. The molecule has 0 radical (unpaired) electrons. The number of para-hydroxylation sites is 2. The minimum Gasteiger partial charge on any atom is -0.454 e. The smallest absolute Gasteiger partial charge is 0.159 e. The second-order valence-electron chi connectivity index (χ2n) is 15.2. The van der Waals surface area contributed by atoms with E-state index in [0.29, 0.717) is 0 Å². The number of benzene rings is 8. The van der Waals surface area contributed by atoms with E-state index in [4.69, 9.17) is 4.42 Å². The van der Waals surface area contributed by atoms with Crippen LogP contribution in [0, 0.1) is 0 Å². The summed E-state index contributed by atoms with van der Waals surface area (Å²) in [6.45, 7) is 4.71. The Morgan fingerprint density at radius 1 is 0.389 bits per heavy atom. The maximum absolute atomic E-state index is 6.86. The summed E-state index contributed by atoms with van der Waals surface area (Å²) in [5.74, 6) is 0. The molecule has 1 heterocycles. The molecule has 0 saturated heterocycles. The molecule has 0 spiro atoms. The van der Waals surface area contributed by atoms with Gasteiger partial charge in [-0.2, -0.15) is 0 Å². The third-order valence-electron chi connectivity index (χ3n) is 12.2. The molecule has 2 heteroatoms. The third-order valence-corrected chi connectivity index (χ3v) is 12.2. The molecule has 256 valence electrons. The van der Waals surface area contributed by atoms with Gasteiger partial charge in [-0.3, -0.25) is 0 Å². The summed E-state index contributed by atoms with van der Waals surface area (Å²) in [6.07, 6.45) is 0. The maximum atomic E-state index is 6.86. The number of rotatable bonds is 5. The third kappa shape index (κ3) is 4.06. The molecule has 8 aromatic carbocycles. The average molecular weight is 692 g/mol. The highest BCUT2D eigenvalue weighted by molar-refractivity contribution is 6.12. The predicted octanol–water partition coefficient (Wildman–Crippen LogP) is 13.7. The summed E-state index contributed by atoms with van der Waals surface area (Å²) in [7, 11) is 0. The minimum absolute atomic E-state index is 0.153. The summed E-state index contributed by atoms with van der Waals surface area (Å²) >= 11 is 0. The molecular weight excluding hydrogens is 655 g/mol. The lowest BCUT2D eigenvalue weighted by Crippen LogP contribution is -2.28. The van der Waals surface area contributed by atoms with Crippen molar-refractivity contribution >= 4 is 39.0 Å². The fourth-order valence-electron chi connectivity index (χ4n) is 9.88. The Bertz CT molecular complexity index is 2880. The Balaban J connectivity index is 1.29. The molecule has 1 aromatic heterocycles. The Morgan fingerprint density at radius 2 is 0.870 bits per heavy atom. The van der Waals surface area contributed by atoms with Crippen molar-refractivity contribution in [3.8, 4) is 22.3 Å². The summed E-state index contributed by atoms with van der Waals surface area (Å²) in [5, 5.41) is 2.23. The molecule has 54 heavy (non-hydrogen) atoms. The van der Waals surface area contributed by atoms with Crippen LogP contribution in [-0.4, -0.2) is 0 Å². The van der Waals surface area contributed by atoms with Gasteiger partial charge in [0.1, 0.15) is 5.58 Å². The molecule has 0 atom stereocenters. The van der Waals surface area contributed by atoms with Gasteiger partial charge in [-0.15, -0.1) is 0 Å². The van der Waals surface area contributed by atoms with E-state index in [0.717, 1.165) is 39.0 Å². The van der Waals surface area contributed by atoms with Gasteiger partial charge >= 0.3 is 0 Å². The Morgan fingerprint density at radius 3 is 1.57 bits per heavy atom. The first-order valence-corrected chi connectivity index (χ1v) is 18.9. The highest BCUT2D eigenvalue weighted by Gasteiger charge is 2.48. The van der Waals surface area contributed by atoms with E-state index in [9.17, 15) is 0 Å². The average Bonchev–Trinajstić information content (AvgIpc) is 3.84. The van der Waals surface area contributed by atoms with Crippen LogP contribution < -0.4 is 4.90 Å². The van der Waals surface area contributed by atoms with Gasteiger partial charge in [0.2, 0.25) is 0 Å². The van der Waals surface area contributed by atoms with E-state index in [1.54, 1.807) is 0 Å². The van der Waals surface area contributed by atoms with Gasteiger partial charge < -0.3 is 9.32 Å². The molecule has 0 saturated carbocycles. The van der Waals surface area contributed by atoms with Crippen LogP contribution >= 0.6 is 0 Å². The molecule has 11 rings (SSSR count). The Hall–Kier alpha value is -6.64. The number of fused-ring (bicyclic) bond motifs is 9. The summed E-state index contributed by atoms with van der Waals surface area (Å²) in [5.41, 5.74) is 17.2. The zero-order valence-corrected chi connectivity index (χ0v) is 30.3. The molecule has 0 bridgehead atoms. The lowest BCUT2D eigenvalue weighted by molar-refractivity contribution is 0.660. The molecule has 0 fully saturated rings. The van der Waals surface area contributed by atoms with Gasteiger partial charge in [0.05, 0.1) is 22.5 Å². The highest BCUT2D eigenvalue weighted by atomic mass is 16.3. The van der Waals surface area contributed by atoms with Gasteiger partial charge in [0.15, 0.2) is 5.58 Å². The molecular formula is C52H37NO. The molecule has 9 aromatic rings. The van der Waals surface area contributed by atoms with Crippen molar-refractivity contribution in [2.75, 3.05) is 4.90 Å². The van der Waals surface area contributed by atoms with E-state index >= 15 is 0 Å². The Kier molecular flexibility index (Phi) is 6.55. The van der Waals surface area contributed by atoms with Crippen molar-refractivity contribution in [1.29, 1.82) is 0 Å². The minimum atomic E-state index is -0.519. The fraction of sp³-hybridized carbons (Fsp3) is 0.0769. The first-order chi connectivity index (χ1) is 26.6. The topological polar surface area (TPSA) is 16.4 Å². The zero-order valence-electron chi connectivity index (χ0n) is 30.3. The van der Waals surface area contributed by atoms with Gasteiger partial charge in [-0.1, -0.05) is 178 Å². The van der Waals surface area contributed by atoms with Gasteiger partial charge in [0.25, 0.3) is 0 Å². The summed E-state index contributed by atoms with van der Waals surface area (Å²) in [6, 6.07) is 68.9. The highest BCUT2D eigenvalue weighted by Crippen LogP contribution is 2.61. The van der Waals surface area contributed by atoms with E-state index in [2.05, 4.69) is 207 Å². The molecule has 2 nitrogen and oxygen atoms in total. The molecule has 0 aliphatic heterocycles. The van der Waals surface area contributed by atoms with Crippen LogP contribution in [0.3, 0.4) is 0 Å². The van der Waals surface area contributed by atoms with Crippen molar-refractivity contribution in [3.05, 3.63) is 221 Å². The largest absolute Gasteiger partial charge is 0.454 e. The monoisotopic (exact) mass is 691 g/mol. The van der Waals surface area contributed by atoms with Crippen LogP contribution in [0.4, 0.5) is 17.1 Å². The van der Waals surface area contributed by atoms with Crippen LogP contribution in [0.5, 0.6) is 0 Å². The van der Waals surface area contributed by atoms with Crippen LogP contribution in [0.25, 0.3) is 44.2 Å². The molecule has 2 aliphatic carbocycles. The van der Waals surface area contributed by atoms with Gasteiger partial charge in [-0.05, 0) is 68.8 Å². The van der Waals surface area contributed by atoms with E-state index in [-0.39, 0.29) is 5.41 Å². The van der Waals surface area contributed by atoms with E-state index in [1.165, 1.54) is 55.6 Å². The van der Waals surface area contributed by atoms with Crippen LogP contribution in [0.1, 0.15) is 47.2 Å². The van der Waals surface area contributed by atoms with Crippen LogP contribution in [0.15, 0.2) is 192 Å². The van der Waals surface area contributed by atoms with Gasteiger partial charge in [-0.25, -0.2) is 0 Å². The normalized spacial score (nSPS) is 14.4. The fourth-order valence-corrected chi connectivity index (χ4v) is 9.88. The van der Waals surface area contributed by atoms with Crippen molar-refractivity contribution in [2.45, 2.75) is 24.7 Å². The molecule has 2 aliphatic rings. The SMILES string of the molecule is CC1(C)c2ccccc2-c2c(N(c3cccc4c3-c3ccccc3C4(c3ccccc3)c3ccccc3)c3cccc4c3oc3ccccc34)cccc21. The Labute approximate surface area is 315 Å². The molecule has 0 amide bonds. The summed E-state index contributed by atoms with van der Waals surface area (Å²) in [4.78, 5) is 2.50. The second kappa shape index (κ2) is 11.4. The number of hydrogen-bond donors (Lipinski definition) is 0. The van der Waals surface area contributed by atoms with Crippen molar-refractivity contribution in [2.24, 2.45) is 0 Å². The zero-order chi connectivity index (χ0) is 36.0. The first kappa shape index (κ1) is 30.9.